The van der Waals surface area contributed by atoms with E-state index in [0.29, 0.717) is 18.5 Å². The van der Waals surface area contributed by atoms with Crippen molar-refractivity contribution in [2.24, 2.45) is 0 Å². The van der Waals surface area contributed by atoms with Crippen LogP contribution in [0.15, 0.2) is 54.6 Å². The predicted molar refractivity (Wildman–Crippen MR) is 104 cm³/mol. The van der Waals surface area contributed by atoms with E-state index in [2.05, 4.69) is 16.0 Å². The zero-order chi connectivity index (χ0) is 18.4. The Labute approximate surface area is 154 Å². The average Bonchev–Trinajstić information content (AvgIpc) is 2.65. The van der Waals surface area contributed by atoms with Crippen LogP contribution < -0.4 is 16.0 Å². The lowest BCUT2D eigenvalue weighted by Crippen LogP contribution is -2.58. The van der Waals surface area contributed by atoms with E-state index >= 15 is 0 Å². The third kappa shape index (κ3) is 4.42. The van der Waals surface area contributed by atoms with E-state index in [1.165, 1.54) is 0 Å². The number of carbonyl (C=O) groups is 2. The third-order valence-corrected chi connectivity index (χ3v) is 4.84. The van der Waals surface area contributed by atoms with E-state index in [-0.39, 0.29) is 11.9 Å². The number of nitrogens with one attached hydrogen (secondary N) is 3. The fourth-order valence-corrected chi connectivity index (χ4v) is 3.35. The molecule has 3 rings (SSSR count). The van der Waals surface area contributed by atoms with Crippen molar-refractivity contribution in [3.05, 3.63) is 60.2 Å². The summed E-state index contributed by atoms with van der Waals surface area (Å²) < 4.78 is 0. The second-order valence-corrected chi connectivity index (χ2v) is 6.91. The van der Waals surface area contributed by atoms with Gasteiger partial charge in [-0.05, 0) is 44.0 Å². The van der Waals surface area contributed by atoms with E-state index in [4.69, 9.17) is 0 Å². The smallest absolute Gasteiger partial charge is 0.320 e. The van der Waals surface area contributed by atoms with Gasteiger partial charge in [-0.3, -0.25) is 4.79 Å². The normalized spacial score (nSPS) is 15.7. The third-order valence-electron chi connectivity index (χ3n) is 4.84. The maximum Gasteiger partial charge on any atom is 0.320 e. The standard InChI is InChI=1S/C21H25N3O2/c1-16-10-12-18(13-11-16)22-19(25)21(14-6-3-7-15-21)24-20(26)23-17-8-4-2-5-9-17/h2,4-5,8-13H,3,6-7,14-15H2,1H3,(H,22,25)(H2,23,24,26). The number of amides is 3. The molecule has 5 heteroatoms. The van der Waals surface area contributed by atoms with Gasteiger partial charge in [0.25, 0.3) is 0 Å². The summed E-state index contributed by atoms with van der Waals surface area (Å²) in [5.41, 5.74) is 1.71. The van der Waals surface area contributed by atoms with Crippen molar-refractivity contribution < 1.29 is 9.59 Å². The molecule has 1 aliphatic rings. The Morgan fingerprint density at radius 3 is 2.08 bits per heavy atom. The monoisotopic (exact) mass is 351 g/mol. The first kappa shape index (κ1) is 18.0. The van der Waals surface area contributed by atoms with Crippen LogP contribution in [0.5, 0.6) is 0 Å². The Hall–Kier alpha value is -2.82. The summed E-state index contributed by atoms with van der Waals surface area (Å²) in [5, 5.41) is 8.73. The highest BCUT2D eigenvalue weighted by molar-refractivity contribution is 6.02. The molecule has 1 saturated carbocycles. The molecule has 0 spiro atoms. The molecule has 5 nitrogen and oxygen atoms in total. The maximum absolute atomic E-state index is 13.0. The molecule has 2 aromatic carbocycles. The first-order chi connectivity index (χ1) is 12.6. The van der Waals surface area contributed by atoms with Gasteiger partial charge in [-0.1, -0.05) is 55.2 Å². The topological polar surface area (TPSA) is 70.2 Å². The fraction of sp³-hybridized carbons (Fsp3) is 0.333. The lowest BCUT2D eigenvalue weighted by molar-refractivity contribution is -0.123. The molecule has 0 heterocycles. The molecule has 0 aliphatic heterocycles. The number of hydrogen-bond donors (Lipinski definition) is 3. The molecule has 1 aliphatic carbocycles. The van der Waals surface area contributed by atoms with Crippen LogP contribution in [0.1, 0.15) is 37.7 Å². The van der Waals surface area contributed by atoms with E-state index < -0.39 is 5.54 Å². The van der Waals surface area contributed by atoms with Gasteiger partial charge in [-0.15, -0.1) is 0 Å². The first-order valence-corrected chi connectivity index (χ1v) is 9.10. The molecule has 0 bridgehead atoms. The minimum Gasteiger partial charge on any atom is -0.324 e. The van der Waals surface area contributed by atoms with Crippen LogP contribution in [-0.4, -0.2) is 17.5 Å². The Kier molecular flexibility index (Phi) is 5.56. The van der Waals surface area contributed by atoms with Gasteiger partial charge in [0.05, 0.1) is 0 Å². The minimum absolute atomic E-state index is 0.149. The van der Waals surface area contributed by atoms with E-state index in [1.54, 1.807) is 0 Å². The number of aryl methyl sites for hydroxylation is 1. The Balaban J connectivity index is 1.71. The number of carbonyl (C=O) groups excluding carboxylic acids is 2. The van der Waals surface area contributed by atoms with Crippen molar-refractivity contribution in [2.75, 3.05) is 10.6 Å². The SMILES string of the molecule is Cc1ccc(NC(=O)C2(NC(=O)Nc3ccccc3)CCCCC2)cc1. The van der Waals surface area contributed by atoms with Crippen LogP contribution in [-0.2, 0) is 4.79 Å². The number of para-hydroxylation sites is 1. The molecule has 0 aromatic heterocycles. The Morgan fingerprint density at radius 2 is 1.42 bits per heavy atom. The second-order valence-electron chi connectivity index (χ2n) is 6.91. The van der Waals surface area contributed by atoms with Crippen molar-refractivity contribution in [2.45, 2.75) is 44.6 Å². The maximum atomic E-state index is 13.0. The Bertz CT molecular complexity index is 751. The first-order valence-electron chi connectivity index (χ1n) is 9.10. The van der Waals surface area contributed by atoms with Crippen molar-refractivity contribution in [1.82, 2.24) is 5.32 Å². The molecule has 0 saturated heterocycles. The molecule has 136 valence electrons. The minimum atomic E-state index is -0.873. The lowest BCUT2D eigenvalue weighted by Gasteiger charge is -2.36. The molecule has 2 aromatic rings. The predicted octanol–water partition coefficient (Wildman–Crippen LogP) is 4.46. The van der Waals surface area contributed by atoms with Gasteiger partial charge in [0.15, 0.2) is 0 Å². The molecule has 26 heavy (non-hydrogen) atoms. The summed E-state index contributed by atoms with van der Waals surface area (Å²) in [6, 6.07) is 16.6. The molecule has 0 unspecified atom stereocenters. The van der Waals surface area contributed by atoms with Crippen molar-refractivity contribution in [1.29, 1.82) is 0 Å². The van der Waals surface area contributed by atoms with Gasteiger partial charge >= 0.3 is 6.03 Å². The largest absolute Gasteiger partial charge is 0.324 e. The molecular formula is C21H25N3O2. The number of rotatable bonds is 4. The van der Waals surface area contributed by atoms with Gasteiger partial charge in [0.2, 0.25) is 5.91 Å². The summed E-state index contributed by atoms with van der Waals surface area (Å²) in [5.74, 6) is -0.149. The highest BCUT2D eigenvalue weighted by Gasteiger charge is 2.41. The fourth-order valence-electron chi connectivity index (χ4n) is 3.35. The zero-order valence-electron chi connectivity index (χ0n) is 15.0. The van der Waals surface area contributed by atoms with Crippen LogP contribution in [0.25, 0.3) is 0 Å². The van der Waals surface area contributed by atoms with E-state index in [9.17, 15) is 9.59 Å². The Morgan fingerprint density at radius 1 is 0.808 bits per heavy atom. The summed E-state index contributed by atoms with van der Waals surface area (Å²) in [6.07, 6.45) is 4.22. The van der Waals surface area contributed by atoms with Crippen LogP contribution in [0.3, 0.4) is 0 Å². The van der Waals surface area contributed by atoms with Gasteiger partial charge in [0.1, 0.15) is 5.54 Å². The quantitative estimate of drug-likeness (QED) is 0.761. The lowest BCUT2D eigenvalue weighted by atomic mass is 9.81. The van der Waals surface area contributed by atoms with Crippen LogP contribution >= 0.6 is 0 Å². The molecule has 0 radical (unpaired) electrons. The second kappa shape index (κ2) is 8.04. The van der Waals surface area contributed by atoms with Crippen LogP contribution in [0.2, 0.25) is 0 Å². The number of urea groups is 1. The van der Waals surface area contributed by atoms with Crippen LogP contribution in [0.4, 0.5) is 16.2 Å². The summed E-state index contributed by atoms with van der Waals surface area (Å²) in [4.78, 5) is 25.5. The number of anilines is 2. The van der Waals surface area contributed by atoms with E-state index in [0.717, 1.165) is 30.5 Å². The summed E-state index contributed by atoms with van der Waals surface area (Å²) in [7, 11) is 0. The van der Waals surface area contributed by atoms with Crippen molar-refractivity contribution in [3.63, 3.8) is 0 Å². The number of benzene rings is 2. The molecule has 3 N–H and O–H groups in total. The summed E-state index contributed by atoms with van der Waals surface area (Å²) in [6.45, 7) is 2.00. The number of hydrogen-bond acceptors (Lipinski definition) is 2. The van der Waals surface area contributed by atoms with Gasteiger partial charge in [-0.25, -0.2) is 4.79 Å². The highest BCUT2D eigenvalue weighted by atomic mass is 16.2. The van der Waals surface area contributed by atoms with Gasteiger partial charge in [-0.2, -0.15) is 0 Å². The van der Waals surface area contributed by atoms with Crippen LogP contribution in [0, 0.1) is 6.92 Å². The van der Waals surface area contributed by atoms with E-state index in [1.807, 2.05) is 61.5 Å². The molecule has 3 amide bonds. The van der Waals surface area contributed by atoms with Gasteiger partial charge < -0.3 is 16.0 Å². The zero-order valence-corrected chi connectivity index (χ0v) is 15.0. The van der Waals surface area contributed by atoms with Crippen molar-refractivity contribution >= 4 is 23.3 Å². The average molecular weight is 351 g/mol. The van der Waals surface area contributed by atoms with Gasteiger partial charge in [0, 0.05) is 11.4 Å². The molecular weight excluding hydrogens is 326 g/mol. The van der Waals surface area contributed by atoms with Crippen molar-refractivity contribution in [3.8, 4) is 0 Å². The molecule has 1 fully saturated rings. The molecule has 0 atom stereocenters. The highest BCUT2D eigenvalue weighted by Crippen LogP contribution is 2.30. The summed E-state index contributed by atoms with van der Waals surface area (Å²) >= 11 is 0.